The molecular formula is C18H20N2O3. The molecule has 3 rings (SSSR count). The first-order chi connectivity index (χ1) is 11.0. The number of aromatic amines is 1. The number of benzene rings is 1. The fourth-order valence-electron chi connectivity index (χ4n) is 3.21. The summed E-state index contributed by atoms with van der Waals surface area (Å²) in [6.45, 7) is 3.81. The van der Waals surface area contributed by atoms with E-state index in [1.54, 1.807) is 6.92 Å². The average molecular weight is 312 g/mol. The molecule has 1 aliphatic rings. The quantitative estimate of drug-likeness (QED) is 0.866. The number of esters is 1. The van der Waals surface area contributed by atoms with Gasteiger partial charge >= 0.3 is 5.97 Å². The van der Waals surface area contributed by atoms with Crippen LogP contribution >= 0.6 is 0 Å². The number of fused-ring (bicyclic) bond motifs is 1. The molecule has 120 valence electrons. The number of carbonyl (C=O) groups excluding carboxylic acids is 1. The van der Waals surface area contributed by atoms with Crippen molar-refractivity contribution in [1.82, 2.24) is 9.97 Å². The number of aryl methyl sites for hydroxylation is 2. The van der Waals surface area contributed by atoms with Crippen molar-refractivity contribution < 1.29 is 9.53 Å². The lowest BCUT2D eigenvalue weighted by molar-refractivity contribution is -0.145. The fraction of sp³-hybridized carbons (Fsp3) is 0.389. The van der Waals surface area contributed by atoms with Gasteiger partial charge in [-0.05, 0) is 61.9 Å². The molecule has 23 heavy (non-hydrogen) atoms. The second kappa shape index (κ2) is 5.99. The third kappa shape index (κ3) is 2.91. The summed E-state index contributed by atoms with van der Waals surface area (Å²) in [5, 5.41) is 0.604. The third-order valence-corrected chi connectivity index (χ3v) is 4.46. The van der Waals surface area contributed by atoms with Gasteiger partial charge in [-0.25, -0.2) is 4.98 Å². The highest BCUT2D eigenvalue weighted by Crippen LogP contribution is 2.33. The van der Waals surface area contributed by atoms with Crippen LogP contribution in [-0.2, 0) is 9.53 Å². The molecule has 0 amide bonds. The Morgan fingerprint density at radius 2 is 2.13 bits per heavy atom. The summed E-state index contributed by atoms with van der Waals surface area (Å²) < 4.78 is 4.82. The summed E-state index contributed by atoms with van der Waals surface area (Å²) in [4.78, 5) is 30.9. The number of aromatic nitrogens is 2. The van der Waals surface area contributed by atoms with Crippen LogP contribution in [0.4, 0.5) is 0 Å². The number of H-pyrrole nitrogens is 1. The van der Waals surface area contributed by atoms with E-state index in [9.17, 15) is 9.59 Å². The predicted octanol–water partition coefficient (Wildman–Crippen LogP) is 2.90. The van der Waals surface area contributed by atoms with Crippen LogP contribution in [0.3, 0.4) is 0 Å². The van der Waals surface area contributed by atoms with E-state index in [1.165, 1.54) is 12.7 Å². The summed E-state index contributed by atoms with van der Waals surface area (Å²) in [6.07, 6.45) is 4.36. The zero-order chi connectivity index (χ0) is 16.6. The van der Waals surface area contributed by atoms with Gasteiger partial charge < -0.3 is 9.72 Å². The Morgan fingerprint density at radius 1 is 1.35 bits per heavy atom. The van der Waals surface area contributed by atoms with E-state index in [1.807, 2.05) is 19.1 Å². The number of ether oxygens (including phenoxy) is 1. The van der Waals surface area contributed by atoms with Crippen LogP contribution in [0.2, 0.25) is 0 Å². The molecule has 1 unspecified atom stereocenters. The summed E-state index contributed by atoms with van der Waals surface area (Å²) in [5.41, 5.74) is 3.95. The molecule has 1 aliphatic carbocycles. The first-order valence-corrected chi connectivity index (χ1v) is 7.78. The third-order valence-electron chi connectivity index (χ3n) is 4.46. The van der Waals surface area contributed by atoms with Crippen molar-refractivity contribution in [3.05, 3.63) is 45.5 Å². The maximum absolute atomic E-state index is 12.1. The minimum absolute atomic E-state index is 0.0581. The van der Waals surface area contributed by atoms with Crippen LogP contribution in [0.25, 0.3) is 16.5 Å². The van der Waals surface area contributed by atoms with Gasteiger partial charge in [0.05, 0.1) is 23.9 Å². The fourth-order valence-corrected chi connectivity index (χ4v) is 3.21. The van der Waals surface area contributed by atoms with Crippen molar-refractivity contribution in [2.24, 2.45) is 5.92 Å². The lowest BCUT2D eigenvalue weighted by Gasteiger charge is -2.21. The van der Waals surface area contributed by atoms with Gasteiger partial charge in [-0.3, -0.25) is 9.59 Å². The van der Waals surface area contributed by atoms with Crippen LogP contribution in [0, 0.1) is 19.8 Å². The number of nitrogens with one attached hydrogen (secondary N) is 1. The van der Waals surface area contributed by atoms with Crippen molar-refractivity contribution in [1.29, 1.82) is 0 Å². The molecule has 5 nitrogen and oxygen atoms in total. The summed E-state index contributed by atoms with van der Waals surface area (Å²) in [7, 11) is 1.43. The Balaban J connectivity index is 2.01. The molecule has 0 saturated heterocycles. The van der Waals surface area contributed by atoms with Crippen LogP contribution < -0.4 is 5.56 Å². The SMILES string of the molecule is COC(=O)C1CC=C(c2cc3c(=O)[nH]c(C)nc3cc2C)CC1. The maximum Gasteiger partial charge on any atom is 0.308 e. The lowest BCUT2D eigenvalue weighted by atomic mass is 9.85. The second-order valence-electron chi connectivity index (χ2n) is 6.06. The van der Waals surface area contributed by atoms with Gasteiger partial charge in [-0.1, -0.05) is 6.08 Å². The van der Waals surface area contributed by atoms with Gasteiger partial charge in [0, 0.05) is 0 Å². The van der Waals surface area contributed by atoms with E-state index < -0.39 is 0 Å². The number of hydrogen-bond acceptors (Lipinski definition) is 4. The molecule has 0 bridgehead atoms. The lowest BCUT2D eigenvalue weighted by Crippen LogP contribution is -2.18. The first-order valence-electron chi connectivity index (χ1n) is 7.78. The number of carbonyl (C=O) groups is 1. The molecule has 1 N–H and O–H groups in total. The monoisotopic (exact) mass is 312 g/mol. The molecule has 1 heterocycles. The van der Waals surface area contributed by atoms with E-state index in [0.717, 1.165) is 29.5 Å². The van der Waals surface area contributed by atoms with Gasteiger partial charge in [0.25, 0.3) is 5.56 Å². The molecule has 1 atom stereocenters. The van der Waals surface area contributed by atoms with Crippen LogP contribution in [0.5, 0.6) is 0 Å². The molecule has 0 fully saturated rings. The Labute approximate surface area is 134 Å². The Morgan fingerprint density at radius 3 is 2.78 bits per heavy atom. The van der Waals surface area contributed by atoms with E-state index in [0.29, 0.717) is 17.6 Å². The molecule has 0 radical (unpaired) electrons. The van der Waals surface area contributed by atoms with Crippen molar-refractivity contribution in [3.8, 4) is 0 Å². The van der Waals surface area contributed by atoms with Crippen molar-refractivity contribution in [3.63, 3.8) is 0 Å². The van der Waals surface area contributed by atoms with Crippen molar-refractivity contribution >= 4 is 22.4 Å². The summed E-state index contributed by atoms with van der Waals surface area (Å²) in [6, 6.07) is 3.88. The Hall–Kier alpha value is -2.43. The van der Waals surface area contributed by atoms with Gasteiger partial charge in [0.2, 0.25) is 0 Å². The molecule has 0 saturated carbocycles. The number of methoxy groups -OCH3 is 1. The predicted molar refractivity (Wildman–Crippen MR) is 89.2 cm³/mol. The average Bonchev–Trinajstić information content (AvgIpc) is 2.53. The van der Waals surface area contributed by atoms with Crippen molar-refractivity contribution in [2.45, 2.75) is 33.1 Å². The first kappa shape index (κ1) is 15.5. The van der Waals surface area contributed by atoms with E-state index >= 15 is 0 Å². The number of hydrogen-bond donors (Lipinski definition) is 1. The molecule has 5 heteroatoms. The standard InChI is InChI=1S/C18H20N2O3/c1-10-8-16-15(17(21)20-11(2)19-16)9-14(10)12-4-6-13(7-5-12)18(22)23-3/h4,8-9,13H,5-7H2,1-3H3,(H,19,20,21). The van der Waals surface area contributed by atoms with E-state index in [-0.39, 0.29) is 17.4 Å². The van der Waals surface area contributed by atoms with Crippen molar-refractivity contribution in [2.75, 3.05) is 7.11 Å². The van der Waals surface area contributed by atoms with Crippen LogP contribution in [-0.4, -0.2) is 23.0 Å². The van der Waals surface area contributed by atoms with E-state index in [4.69, 9.17) is 4.74 Å². The number of allylic oxidation sites excluding steroid dienone is 2. The van der Waals surface area contributed by atoms with Gasteiger partial charge in [0.1, 0.15) is 5.82 Å². The van der Waals surface area contributed by atoms with E-state index in [2.05, 4.69) is 16.0 Å². The Kier molecular flexibility index (Phi) is 4.03. The molecule has 1 aromatic carbocycles. The topological polar surface area (TPSA) is 72.1 Å². The highest BCUT2D eigenvalue weighted by molar-refractivity contribution is 5.85. The maximum atomic E-state index is 12.1. The van der Waals surface area contributed by atoms with Gasteiger partial charge in [0.15, 0.2) is 0 Å². The zero-order valence-corrected chi connectivity index (χ0v) is 13.6. The number of rotatable bonds is 2. The highest BCUT2D eigenvalue weighted by Gasteiger charge is 2.23. The summed E-state index contributed by atoms with van der Waals surface area (Å²) in [5.74, 6) is 0.413. The molecule has 1 aromatic heterocycles. The van der Waals surface area contributed by atoms with Gasteiger partial charge in [-0.2, -0.15) is 0 Å². The minimum Gasteiger partial charge on any atom is -0.469 e. The minimum atomic E-state index is -0.147. The van der Waals surface area contributed by atoms with Crippen LogP contribution in [0.15, 0.2) is 23.0 Å². The zero-order valence-electron chi connectivity index (χ0n) is 13.6. The highest BCUT2D eigenvalue weighted by atomic mass is 16.5. The van der Waals surface area contributed by atoms with Gasteiger partial charge in [-0.15, -0.1) is 0 Å². The molecule has 0 spiro atoms. The largest absolute Gasteiger partial charge is 0.469 e. The molecular weight excluding hydrogens is 292 g/mol. The summed E-state index contributed by atoms with van der Waals surface area (Å²) >= 11 is 0. The Bertz CT molecular complexity index is 864. The smallest absolute Gasteiger partial charge is 0.308 e. The molecule has 2 aromatic rings. The second-order valence-corrected chi connectivity index (χ2v) is 6.06. The van der Waals surface area contributed by atoms with Crippen LogP contribution in [0.1, 0.15) is 36.2 Å². The number of nitrogens with zero attached hydrogens (tertiary/aromatic N) is 1. The normalized spacial score (nSPS) is 17.9. The molecule has 0 aliphatic heterocycles.